The van der Waals surface area contributed by atoms with E-state index in [0.717, 1.165) is 42.4 Å². The van der Waals surface area contributed by atoms with Crippen molar-refractivity contribution >= 4 is 5.97 Å². The van der Waals surface area contributed by atoms with Crippen LogP contribution in [0.3, 0.4) is 0 Å². The molecule has 0 bridgehead atoms. The number of fused-ring (bicyclic) bond motifs is 5. The highest BCUT2D eigenvalue weighted by Crippen LogP contribution is 2.67. The van der Waals surface area contributed by atoms with Crippen molar-refractivity contribution in [1.82, 2.24) is 0 Å². The van der Waals surface area contributed by atoms with Crippen LogP contribution in [0.25, 0.3) is 0 Å². The monoisotopic (exact) mass is 376 g/mol. The second-order valence-corrected chi connectivity index (χ2v) is 10.9. The van der Waals surface area contributed by atoms with Gasteiger partial charge in [-0.1, -0.05) is 13.8 Å². The average molecular weight is 377 g/mol. The topological polar surface area (TPSA) is 46.5 Å². The summed E-state index contributed by atoms with van der Waals surface area (Å²) in [6.45, 7) is 5.20. The molecule has 1 N–H and O–H groups in total. The second kappa shape index (κ2) is 7.35. The van der Waals surface area contributed by atoms with E-state index in [9.17, 15) is 4.79 Å². The molecule has 4 aliphatic carbocycles. The van der Waals surface area contributed by atoms with Crippen LogP contribution in [0.2, 0.25) is 0 Å². The maximum absolute atomic E-state index is 10.9. The summed E-state index contributed by atoms with van der Waals surface area (Å²) in [4.78, 5) is 10.9. The van der Waals surface area contributed by atoms with Gasteiger partial charge in [-0.15, -0.1) is 0 Å². The van der Waals surface area contributed by atoms with E-state index < -0.39 is 5.97 Å². The first-order valence-corrected chi connectivity index (χ1v) is 11.6. The fourth-order valence-corrected chi connectivity index (χ4v) is 8.52. The van der Waals surface area contributed by atoms with Gasteiger partial charge in [0.1, 0.15) is 0 Å². The first-order chi connectivity index (χ1) is 12.9. The van der Waals surface area contributed by atoms with Crippen LogP contribution >= 0.6 is 0 Å². The van der Waals surface area contributed by atoms with Crippen molar-refractivity contribution in [3.8, 4) is 0 Å². The third kappa shape index (κ3) is 3.26. The van der Waals surface area contributed by atoms with Gasteiger partial charge in [0.05, 0.1) is 6.10 Å². The molecule has 154 valence electrons. The number of methoxy groups -OCH3 is 1. The van der Waals surface area contributed by atoms with Gasteiger partial charge in [0.15, 0.2) is 0 Å². The Morgan fingerprint density at radius 1 is 1.00 bits per heavy atom. The minimum absolute atomic E-state index is 0.351. The van der Waals surface area contributed by atoms with E-state index in [4.69, 9.17) is 9.84 Å². The predicted octanol–water partition coefficient (Wildman–Crippen LogP) is 5.92. The largest absolute Gasteiger partial charge is 0.481 e. The zero-order valence-electron chi connectivity index (χ0n) is 17.7. The first kappa shape index (κ1) is 19.7. The van der Waals surface area contributed by atoms with E-state index in [1.807, 2.05) is 7.11 Å². The molecule has 0 aromatic heterocycles. The van der Waals surface area contributed by atoms with Crippen molar-refractivity contribution in [1.29, 1.82) is 0 Å². The van der Waals surface area contributed by atoms with Gasteiger partial charge < -0.3 is 9.84 Å². The van der Waals surface area contributed by atoms with E-state index in [2.05, 4.69) is 13.8 Å². The molecule has 0 aliphatic heterocycles. The van der Waals surface area contributed by atoms with Crippen molar-refractivity contribution < 1.29 is 14.6 Å². The SMILES string of the molecule is CO[C@H]1CC[C@]2(C)C3CC[C@@]4(C)C(CC[C@@H]4CCCC(=O)O)[C@@H]3CC[C@@H]2C1. The van der Waals surface area contributed by atoms with Crippen molar-refractivity contribution in [3.63, 3.8) is 0 Å². The number of rotatable bonds is 5. The normalized spacial score (nSPS) is 49.1. The molecule has 4 aliphatic rings. The average Bonchev–Trinajstić information content (AvgIpc) is 2.97. The second-order valence-electron chi connectivity index (χ2n) is 10.9. The number of ether oxygens (including phenoxy) is 1. The van der Waals surface area contributed by atoms with Crippen LogP contribution < -0.4 is 0 Å². The molecular weight excluding hydrogens is 336 g/mol. The Bertz CT molecular complexity index is 560. The molecule has 4 fully saturated rings. The lowest BCUT2D eigenvalue weighted by molar-refractivity contribution is -0.137. The lowest BCUT2D eigenvalue weighted by Crippen LogP contribution is -2.54. The number of hydrogen-bond acceptors (Lipinski definition) is 2. The summed E-state index contributed by atoms with van der Waals surface area (Å²) in [5, 5.41) is 9.00. The zero-order valence-corrected chi connectivity index (χ0v) is 17.7. The molecule has 0 aromatic carbocycles. The quantitative estimate of drug-likeness (QED) is 0.648. The summed E-state index contributed by atoms with van der Waals surface area (Å²) >= 11 is 0. The molecule has 0 aromatic rings. The Kier molecular flexibility index (Phi) is 5.37. The summed E-state index contributed by atoms with van der Waals surface area (Å²) in [5.41, 5.74) is 1.02. The fraction of sp³-hybridized carbons (Fsp3) is 0.958. The van der Waals surface area contributed by atoms with Gasteiger partial charge in [-0.2, -0.15) is 0 Å². The molecule has 0 saturated heterocycles. The fourth-order valence-electron chi connectivity index (χ4n) is 8.52. The number of carboxylic acid groups (broad SMARTS) is 1. The summed E-state index contributed by atoms with van der Waals surface area (Å²) in [6, 6.07) is 0. The number of carboxylic acids is 1. The third-order valence-corrected chi connectivity index (χ3v) is 10.1. The lowest BCUT2D eigenvalue weighted by Gasteiger charge is -2.61. The zero-order chi connectivity index (χ0) is 19.2. The first-order valence-electron chi connectivity index (χ1n) is 11.6. The standard InChI is InChI=1S/C24H40O3/c1-23-14-12-21-19(20(23)10-8-16(23)5-4-6-22(25)26)9-7-17-15-18(27-3)11-13-24(17,21)2/h16-21H,4-15H2,1-3H3,(H,25,26)/t16-,17+,18-,19-,20?,21?,23+,24-/m0/s1. The highest BCUT2D eigenvalue weighted by molar-refractivity contribution is 5.66. The van der Waals surface area contributed by atoms with E-state index in [0.29, 0.717) is 23.4 Å². The van der Waals surface area contributed by atoms with Gasteiger partial charge in [-0.05, 0) is 111 Å². The Morgan fingerprint density at radius 2 is 1.74 bits per heavy atom. The van der Waals surface area contributed by atoms with Crippen molar-refractivity contribution in [3.05, 3.63) is 0 Å². The van der Waals surface area contributed by atoms with E-state index in [1.54, 1.807) is 0 Å². The van der Waals surface area contributed by atoms with Crippen LogP contribution in [0, 0.1) is 40.4 Å². The van der Waals surface area contributed by atoms with E-state index >= 15 is 0 Å². The summed E-state index contributed by atoms with van der Waals surface area (Å²) < 4.78 is 5.73. The molecular formula is C24H40O3. The van der Waals surface area contributed by atoms with Crippen LogP contribution in [0.4, 0.5) is 0 Å². The molecule has 3 nitrogen and oxygen atoms in total. The van der Waals surface area contributed by atoms with Crippen LogP contribution in [0.1, 0.15) is 90.9 Å². The van der Waals surface area contributed by atoms with Gasteiger partial charge >= 0.3 is 5.97 Å². The summed E-state index contributed by atoms with van der Waals surface area (Å²) in [6.07, 6.45) is 15.1. The van der Waals surface area contributed by atoms with Gasteiger partial charge in [0, 0.05) is 13.5 Å². The Hall–Kier alpha value is -0.570. The summed E-state index contributed by atoms with van der Waals surface area (Å²) in [5.74, 6) is 3.74. The number of carbonyl (C=O) groups is 1. The van der Waals surface area contributed by atoms with E-state index in [-0.39, 0.29) is 0 Å². The Balaban J connectivity index is 1.47. The molecule has 2 unspecified atom stereocenters. The molecule has 8 atom stereocenters. The van der Waals surface area contributed by atoms with Crippen molar-refractivity contribution in [2.24, 2.45) is 40.4 Å². The maximum atomic E-state index is 10.9. The molecule has 3 heteroatoms. The third-order valence-electron chi connectivity index (χ3n) is 10.1. The minimum atomic E-state index is -0.628. The van der Waals surface area contributed by atoms with Crippen molar-refractivity contribution in [2.75, 3.05) is 7.11 Å². The number of aliphatic carboxylic acids is 1. The lowest BCUT2D eigenvalue weighted by atomic mass is 9.44. The van der Waals surface area contributed by atoms with Gasteiger partial charge in [0.25, 0.3) is 0 Å². The van der Waals surface area contributed by atoms with Gasteiger partial charge in [0.2, 0.25) is 0 Å². The molecule has 0 heterocycles. The predicted molar refractivity (Wildman–Crippen MR) is 108 cm³/mol. The highest BCUT2D eigenvalue weighted by Gasteiger charge is 2.59. The van der Waals surface area contributed by atoms with Crippen LogP contribution in [-0.4, -0.2) is 24.3 Å². The molecule has 4 rings (SSSR count). The van der Waals surface area contributed by atoms with Crippen molar-refractivity contribution in [2.45, 2.75) is 97.0 Å². The molecule has 0 amide bonds. The Morgan fingerprint density at radius 3 is 2.48 bits per heavy atom. The maximum Gasteiger partial charge on any atom is 0.303 e. The minimum Gasteiger partial charge on any atom is -0.481 e. The highest BCUT2D eigenvalue weighted by atomic mass is 16.5. The molecule has 0 radical (unpaired) electrons. The molecule has 27 heavy (non-hydrogen) atoms. The summed E-state index contributed by atoms with van der Waals surface area (Å²) in [7, 11) is 1.90. The van der Waals surface area contributed by atoms with Crippen LogP contribution in [0.15, 0.2) is 0 Å². The van der Waals surface area contributed by atoms with Gasteiger partial charge in [-0.3, -0.25) is 4.79 Å². The van der Waals surface area contributed by atoms with Crippen LogP contribution in [-0.2, 0) is 9.53 Å². The smallest absolute Gasteiger partial charge is 0.303 e. The number of hydrogen-bond donors (Lipinski definition) is 1. The van der Waals surface area contributed by atoms with Crippen LogP contribution in [0.5, 0.6) is 0 Å². The van der Waals surface area contributed by atoms with Gasteiger partial charge in [-0.25, -0.2) is 0 Å². The molecule has 0 spiro atoms. The van der Waals surface area contributed by atoms with E-state index in [1.165, 1.54) is 57.8 Å². The molecule has 4 saturated carbocycles. The Labute approximate surface area is 165 Å².